The van der Waals surface area contributed by atoms with Gasteiger partial charge >= 0.3 is 0 Å². The highest BCUT2D eigenvalue weighted by molar-refractivity contribution is 4.82. The van der Waals surface area contributed by atoms with E-state index in [9.17, 15) is 0 Å². The predicted molar refractivity (Wildman–Crippen MR) is 43.8 cm³/mol. The van der Waals surface area contributed by atoms with E-state index in [1.165, 1.54) is 19.3 Å². The fourth-order valence-electron chi connectivity index (χ4n) is 1.87. The van der Waals surface area contributed by atoms with Crippen LogP contribution < -0.4 is 11.1 Å². The molecule has 0 aliphatic heterocycles. The Kier molecular flexibility index (Phi) is 2.69. The van der Waals surface area contributed by atoms with Crippen molar-refractivity contribution in [3.8, 4) is 0 Å². The van der Waals surface area contributed by atoms with E-state index in [4.69, 9.17) is 5.73 Å². The van der Waals surface area contributed by atoms with E-state index in [-0.39, 0.29) is 0 Å². The average Bonchev–Trinajstić information content (AvgIpc) is 1.88. The molecule has 1 aliphatic rings. The van der Waals surface area contributed by atoms with Crippen molar-refractivity contribution in [2.45, 2.75) is 38.3 Å². The molecule has 0 radical (unpaired) electrons. The van der Waals surface area contributed by atoms with Crippen LogP contribution in [-0.2, 0) is 0 Å². The van der Waals surface area contributed by atoms with Crippen LogP contribution in [0.3, 0.4) is 0 Å². The van der Waals surface area contributed by atoms with Crippen molar-refractivity contribution in [1.29, 1.82) is 0 Å². The first-order valence-corrected chi connectivity index (χ1v) is 4.17. The quantitative estimate of drug-likeness (QED) is 0.566. The lowest BCUT2D eigenvalue weighted by molar-refractivity contribution is 0.268. The Morgan fingerprint density at radius 1 is 1.40 bits per heavy atom. The molecule has 1 aliphatic carbocycles. The minimum Gasteiger partial charge on any atom is -0.328 e. The van der Waals surface area contributed by atoms with Crippen LogP contribution in [-0.4, -0.2) is 19.1 Å². The van der Waals surface area contributed by atoms with Gasteiger partial charge in [0.1, 0.15) is 0 Å². The van der Waals surface area contributed by atoms with Gasteiger partial charge in [0.25, 0.3) is 0 Å². The summed E-state index contributed by atoms with van der Waals surface area (Å²) >= 11 is 0. The van der Waals surface area contributed by atoms with Crippen molar-refractivity contribution in [3.05, 3.63) is 0 Å². The van der Waals surface area contributed by atoms with Crippen LogP contribution in [0, 0.1) is 5.92 Å². The molecular weight excluding hydrogens is 124 g/mol. The Morgan fingerprint density at radius 3 is 2.60 bits per heavy atom. The molecule has 3 unspecified atom stereocenters. The second-order valence-electron chi connectivity index (χ2n) is 3.45. The highest BCUT2D eigenvalue weighted by Gasteiger charge is 2.23. The summed E-state index contributed by atoms with van der Waals surface area (Å²) < 4.78 is 0. The molecule has 60 valence electrons. The number of hydrogen-bond donors (Lipinski definition) is 2. The van der Waals surface area contributed by atoms with Crippen molar-refractivity contribution in [1.82, 2.24) is 5.32 Å². The maximum atomic E-state index is 5.81. The Labute approximate surface area is 63.2 Å². The molecule has 2 heteroatoms. The Bertz CT molecular complexity index is 103. The summed E-state index contributed by atoms with van der Waals surface area (Å²) in [6, 6.07) is 1.17. The first-order valence-electron chi connectivity index (χ1n) is 4.17. The van der Waals surface area contributed by atoms with Crippen molar-refractivity contribution < 1.29 is 0 Å². The molecule has 0 aromatic rings. The van der Waals surface area contributed by atoms with E-state index in [0.717, 1.165) is 5.92 Å². The van der Waals surface area contributed by atoms with Gasteiger partial charge in [-0.1, -0.05) is 6.92 Å². The monoisotopic (exact) mass is 142 g/mol. The topological polar surface area (TPSA) is 38.0 Å². The molecule has 10 heavy (non-hydrogen) atoms. The van der Waals surface area contributed by atoms with Gasteiger partial charge in [0.2, 0.25) is 0 Å². The standard InChI is InChI=1S/C8H18N2/c1-6-5-7(9)3-4-8(6)10-2/h6-8,10H,3-5,9H2,1-2H3. The molecule has 0 amide bonds. The van der Waals surface area contributed by atoms with Crippen LogP contribution in [0.25, 0.3) is 0 Å². The van der Waals surface area contributed by atoms with Crippen LogP contribution in [0.4, 0.5) is 0 Å². The molecule has 0 saturated heterocycles. The summed E-state index contributed by atoms with van der Waals surface area (Å²) in [5.74, 6) is 0.758. The summed E-state index contributed by atoms with van der Waals surface area (Å²) in [5, 5.41) is 3.32. The molecule has 0 bridgehead atoms. The van der Waals surface area contributed by atoms with Gasteiger partial charge < -0.3 is 11.1 Å². The first-order chi connectivity index (χ1) is 4.74. The van der Waals surface area contributed by atoms with Gasteiger partial charge in [-0.15, -0.1) is 0 Å². The SMILES string of the molecule is CNC1CCC(N)CC1C. The Morgan fingerprint density at radius 2 is 2.10 bits per heavy atom. The molecule has 3 atom stereocenters. The van der Waals surface area contributed by atoms with Crippen LogP contribution in [0.15, 0.2) is 0 Å². The average molecular weight is 142 g/mol. The van der Waals surface area contributed by atoms with Crippen molar-refractivity contribution in [2.24, 2.45) is 11.7 Å². The first kappa shape index (κ1) is 8.02. The number of nitrogens with one attached hydrogen (secondary N) is 1. The molecule has 3 N–H and O–H groups in total. The van der Waals surface area contributed by atoms with E-state index in [0.29, 0.717) is 12.1 Å². The zero-order chi connectivity index (χ0) is 7.56. The minimum absolute atomic E-state index is 0.458. The van der Waals surface area contributed by atoms with Crippen molar-refractivity contribution in [3.63, 3.8) is 0 Å². The van der Waals surface area contributed by atoms with Crippen LogP contribution in [0.5, 0.6) is 0 Å². The molecule has 1 saturated carbocycles. The maximum absolute atomic E-state index is 5.81. The highest BCUT2D eigenvalue weighted by atomic mass is 14.9. The summed E-state index contributed by atoms with van der Waals surface area (Å²) in [4.78, 5) is 0. The molecule has 0 aromatic heterocycles. The van der Waals surface area contributed by atoms with Crippen LogP contribution >= 0.6 is 0 Å². The van der Waals surface area contributed by atoms with E-state index in [2.05, 4.69) is 12.2 Å². The molecule has 2 nitrogen and oxygen atoms in total. The third-order valence-electron chi connectivity index (χ3n) is 2.58. The maximum Gasteiger partial charge on any atom is 0.00908 e. The van der Waals surface area contributed by atoms with Gasteiger partial charge in [0.15, 0.2) is 0 Å². The summed E-state index contributed by atoms with van der Waals surface area (Å²) in [6.45, 7) is 2.28. The Hall–Kier alpha value is -0.0800. The fourth-order valence-corrected chi connectivity index (χ4v) is 1.87. The largest absolute Gasteiger partial charge is 0.328 e. The summed E-state index contributed by atoms with van der Waals surface area (Å²) in [6.07, 6.45) is 3.63. The highest BCUT2D eigenvalue weighted by Crippen LogP contribution is 2.22. The second kappa shape index (κ2) is 3.35. The summed E-state index contributed by atoms with van der Waals surface area (Å²) in [7, 11) is 2.04. The number of hydrogen-bond acceptors (Lipinski definition) is 2. The smallest absolute Gasteiger partial charge is 0.00908 e. The lowest BCUT2D eigenvalue weighted by Gasteiger charge is -2.31. The van der Waals surface area contributed by atoms with Crippen molar-refractivity contribution >= 4 is 0 Å². The Balaban J connectivity index is 2.36. The predicted octanol–water partition coefficient (Wildman–Crippen LogP) is 0.722. The zero-order valence-electron chi connectivity index (χ0n) is 6.93. The second-order valence-corrected chi connectivity index (χ2v) is 3.45. The third-order valence-corrected chi connectivity index (χ3v) is 2.58. The van der Waals surface area contributed by atoms with Gasteiger partial charge in [-0.05, 0) is 32.2 Å². The fraction of sp³-hybridized carbons (Fsp3) is 1.00. The molecular formula is C8H18N2. The van der Waals surface area contributed by atoms with E-state index in [1.807, 2.05) is 7.05 Å². The van der Waals surface area contributed by atoms with Gasteiger partial charge in [-0.25, -0.2) is 0 Å². The van der Waals surface area contributed by atoms with Gasteiger partial charge in [0.05, 0.1) is 0 Å². The summed E-state index contributed by atoms with van der Waals surface area (Å²) in [5.41, 5.74) is 5.81. The van der Waals surface area contributed by atoms with E-state index < -0.39 is 0 Å². The van der Waals surface area contributed by atoms with E-state index in [1.54, 1.807) is 0 Å². The van der Waals surface area contributed by atoms with Crippen LogP contribution in [0.2, 0.25) is 0 Å². The molecule has 1 rings (SSSR count). The lowest BCUT2D eigenvalue weighted by atomic mass is 9.83. The number of rotatable bonds is 1. The minimum atomic E-state index is 0.458. The molecule has 1 fully saturated rings. The molecule has 0 spiro atoms. The van der Waals surface area contributed by atoms with E-state index >= 15 is 0 Å². The van der Waals surface area contributed by atoms with Crippen LogP contribution in [0.1, 0.15) is 26.2 Å². The lowest BCUT2D eigenvalue weighted by Crippen LogP contribution is -2.41. The third kappa shape index (κ3) is 1.70. The molecule has 0 heterocycles. The van der Waals surface area contributed by atoms with Gasteiger partial charge in [0, 0.05) is 12.1 Å². The number of nitrogens with two attached hydrogens (primary N) is 1. The normalized spacial score (nSPS) is 41.7. The van der Waals surface area contributed by atoms with Gasteiger partial charge in [-0.3, -0.25) is 0 Å². The molecule has 0 aromatic carbocycles. The zero-order valence-corrected chi connectivity index (χ0v) is 6.93. The van der Waals surface area contributed by atoms with Crippen molar-refractivity contribution in [2.75, 3.05) is 7.05 Å². The van der Waals surface area contributed by atoms with Gasteiger partial charge in [-0.2, -0.15) is 0 Å².